The van der Waals surface area contributed by atoms with Crippen LogP contribution >= 0.6 is 11.3 Å². The normalized spacial score (nSPS) is 12.9. The van der Waals surface area contributed by atoms with Gasteiger partial charge >= 0.3 is 0 Å². The Kier molecular flexibility index (Phi) is 3.64. The van der Waals surface area contributed by atoms with Gasteiger partial charge in [-0.3, -0.25) is 0 Å². The number of para-hydroxylation sites is 1. The Morgan fingerprint density at radius 1 is 1.25 bits per heavy atom. The van der Waals surface area contributed by atoms with Gasteiger partial charge < -0.3 is 9.88 Å². The van der Waals surface area contributed by atoms with Crippen molar-refractivity contribution in [1.29, 1.82) is 0 Å². The van der Waals surface area contributed by atoms with E-state index in [9.17, 15) is 0 Å². The summed E-state index contributed by atoms with van der Waals surface area (Å²) in [5.74, 6) is 0. The van der Waals surface area contributed by atoms with E-state index in [0.29, 0.717) is 6.04 Å². The van der Waals surface area contributed by atoms with Gasteiger partial charge in [-0.25, -0.2) is 0 Å². The molecular formula is C17H20N2S. The second-order valence-electron chi connectivity index (χ2n) is 5.31. The summed E-state index contributed by atoms with van der Waals surface area (Å²) in [6.07, 6.45) is 0. The molecule has 0 aliphatic rings. The number of hydrogen-bond donors (Lipinski definition) is 1. The van der Waals surface area contributed by atoms with Crippen molar-refractivity contribution in [2.45, 2.75) is 26.4 Å². The second kappa shape index (κ2) is 5.43. The van der Waals surface area contributed by atoms with Crippen LogP contribution in [0, 0.1) is 6.92 Å². The maximum Gasteiger partial charge on any atom is 0.0483 e. The van der Waals surface area contributed by atoms with Crippen LogP contribution in [0.25, 0.3) is 10.9 Å². The summed E-state index contributed by atoms with van der Waals surface area (Å²) in [5.41, 5.74) is 5.43. The average Bonchev–Trinajstić information content (AvgIpc) is 3.07. The first-order chi connectivity index (χ1) is 9.68. The van der Waals surface area contributed by atoms with Crippen molar-refractivity contribution >= 4 is 22.2 Å². The predicted octanol–water partition coefficient (Wildman–Crippen LogP) is 4.40. The molecule has 1 unspecified atom stereocenters. The molecule has 104 valence electrons. The lowest BCUT2D eigenvalue weighted by Gasteiger charge is -2.14. The van der Waals surface area contributed by atoms with Gasteiger partial charge in [0.25, 0.3) is 0 Å². The zero-order valence-electron chi connectivity index (χ0n) is 12.2. The van der Waals surface area contributed by atoms with Crippen LogP contribution in [0.1, 0.15) is 29.8 Å². The van der Waals surface area contributed by atoms with Crippen molar-refractivity contribution in [2.24, 2.45) is 7.05 Å². The molecule has 0 bridgehead atoms. The Labute approximate surface area is 124 Å². The largest absolute Gasteiger partial charge is 0.346 e. The van der Waals surface area contributed by atoms with Crippen LogP contribution in [0.5, 0.6) is 0 Å². The van der Waals surface area contributed by atoms with Gasteiger partial charge in [-0.1, -0.05) is 18.2 Å². The monoisotopic (exact) mass is 284 g/mol. The first-order valence-electron chi connectivity index (χ1n) is 6.97. The highest BCUT2D eigenvalue weighted by Crippen LogP contribution is 2.25. The molecule has 2 aromatic heterocycles. The van der Waals surface area contributed by atoms with Gasteiger partial charge in [0, 0.05) is 36.2 Å². The molecule has 3 rings (SSSR count). The van der Waals surface area contributed by atoms with E-state index >= 15 is 0 Å². The molecule has 3 heteroatoms. The van der Waals surface area contributed by atoms with Gasteiger partial charge in [0.15, 0.2) is 0 Å². The molecule has 0 saturated heterocycles. The van der Waals surface area contributed by atoms with Crippen molar-refractivity contribution in [1.82, 2.24) is 9.88 Å². The Hall–Kier alpha value is -1.58. The van der Waals surface area contributed by atoms with Crippen molar-refractivity contribution in [2.75, 3.05) is 0 Å². The van der Waals surface area contributed by atoms with E-state index in [1.807, 2.05) is 0 Å². The number of thiophene rings is 1. The molecule has 0 amide bonds. The maximum atomic E-state index is 3.63. The zero-order chi connectivity index (χ0) is 14.1. The summed E-state index contributed by atoms with van der Waals surface area (Å²) >= 11 is 1.75. The van der Waals surface area contributed by atoms with Crippen molar-refractivity contribution in [3.63, 3.8) is 0 Å². The van der Waals surface area contributed by atoms with E-state index in [4.69, 9.17) is 0 Å². The molecule has 0 radical (unpaired) electrons. The van der Waals surface area contributed by atoms with Crippen LogP contribution in [-0.4, -0.2) is 4.57 Å². The van der Waals surface area contributed by atoms with Crippen molar-refractivity contribution in [3.05, 3.63) is 57.9 Å². The number of fused-ring (bicyclic) bond motifs is 1. The van der Waals surface area contributed by atoms with Gasteiger partial charge in [0.2, 0.25) is 0 Å². The standard InChI is InChI=1S/C17H20N2S/c1-12-15-6-4-5-7-16(15)19(3)17(12)10-18-13(2)14-8-9-20-11-14/h4-9,11,13,18H,10H2,1-3H3. The summed E-state index contributed by atoms with van der Waals surface area (Å²) < 4.78 is 2.30. The lowest BCUT2D eigenvalue weighted by atomic mass is 10.1. The number of nitrogens with zero attached hydrogens (tertiary/aromatic N) is 1. The van der Waals surface area contributed by atoms with Crippen LogP contribution in [-0.2, 0) is 13.6 Å². The smallest absolute Gasteiger partial charge is 0.0483 e. The van der Waals surface area contributed by atoms with Crippen molar-refractivity contribution in [3.8, 4) is 0 Å². The minimum absolute atomic E-state index is 0.388. The number of nitrogens with one attached hydrogen (secondary N) is 1. The number of benzene rings is 1. The van der Waals surface area contributed by atoms with Crippen LogP contribution in [0.2, 0.25) is 0 Å². The lowest BCUT2D eigenvalue weighted by Crippen LogP contribution is -2.19. The molecule has 1 atom stereocenters. The van der Waals surface area contributed by atoms with Crippen LogP contribution in [0.15, 0.2) is 41.1 Å². The minimum Gasteiger partial charge on any atom is -0.346 e. The molecule has 0 saturated carbocycles. The SMILES string of the molecule is Cc1c(CNC(C)c2ccsc2)n(C)c2ccccc12. The number of aromatic nitrogens is 1. The Bertz CT molecular complexity index is 671. The van der Waals surface area contributed by atoms with Crippen molar-refractivity contribution < 1.29 is 0 Å². The first-order valence-corrected chi connectivity index (χ1v) is 7.91. The molecule has 2 nitrogen and oxygen atoms in total. The van der Waals surface area contributed by atoms with Gasteiger partial charge in [-0.15, -0.1) is 0 Å². The summed E-state index contributed by atoms with van der Waals surface area (Å²) in [7, 11) is 2.15. The molecule has 2 heterocycles. The van der Waals surface area contributed by atoms with Crippen LogP contribution in [0.3, 0.4) is 0 Å². The third-order valence-corrected chi connectivity index (χ3v) is 4.83. The average molecular weight is 284 g/mol. The quantitative estimate of drug-likeness (QED) is 0.751. The summed E-state index contributed by atoms with van der Waals surface area (Å²) in [6.45, 7) is 5.34. The third kappa shape index (κ3) is 2.28. The number of rotatable bonds is 4. The predicted molar refractivity (Wildman–Crippen MR) is 87.2 cm³/mol. The summed E-state index contributed by atoms with van der Waals surface area (Å²) in [5, 5.41) is 9.34. The minimum atomic E-state index is 0.388. The summed E-state index contributed by atoms with van der Waals surface area (Å²) in [4.78, 5) is 0. The fourth-order valence-electron chi connectivity index (χ4n) is 2.78. The Morgan fingerprint density at radius 3 is 2.75 bits per heavy atom. The van der Waals surface area contributed by atoms with Gasteiger partial charge in [0.1, 0.15) is 0 Å². The van der Waals surface area contributed by atoms with E-state index in [-0.39, 0.29) is 0 Å². The highest BCUT2D eigenvalue weighted by atomic mass is 32.1. The Balaban J connectivity index is 1.84. The molecule has 0 fully saturated rings. The number of aryl methyl sites for hydroxylation is 2. The molecule has 1 aromatic carbocycles. The van der Waals surface area contributed by atoms with E-state index in [0.717, 1.165) is 6.54 Å². The van der Waals surface area contributed by atoms with Gasteiger partial charge in [0.05, 0.1) is 0 Å². The third-order valence-electron chi connectivity index (χ3n) is 4.13. The molecule has 3 aromatic rings. The highest BCUT2D eigenvalue weighted by Gasteiger charge is 2.12. The van der Waals surface area contributed by atoms with Gasteiger partial charge in [-0.05, 0) is 47.9 Å². The zero-order valence-corrected chi connectivity index (χ0v) is 13.0. The van der Waals surface area contributed by atoms with Crippen LogP contribution in [0.4, 0.5) is 0 Å². The fraction of sp³-hybridized carbons (Fsp3) is 0.294. The molecule has 0 spiro atoms. The van der Waals surface area contributed by atoms with E-state index in [1.165, 1.54) is 27.7 Å². The maximum absolute atomic E-state index is 3.63. The molecule has 0 aliphatic carbocycles. The first kappa shape index (κ1) is 13.4. The second-order valence-corrected chi connectivity index (χ2v) is 6.09. The van der Waals surface area contributed by atoms with E-state index in [2.05, 4.69) is 71.9 Å². The number of hydrogen-bond acceptors (Lipinski definition) is 2. The lowest BCUT2D eigenvalue weighted by molar-refractivity contribution is 0.559. The van der Waals surface area contributed by atoms with E-state index < -0.39 is 0 Å². The van der Waals surface area contributed by atoms with Gasteiger partial charge in [-0.2, -0.15) is 11.3 Å². The Morgan fingerprint density at radius 2 is 2.05 bits per heavy atom. The highest BCUT2D eigenvalue weighted by molar-refractivity contribution is 7.07. The molecule has 0 aliphatic heterocycles. The summed E-state index contributed by atoms with van der Waals surface area (Å²) in [6, 6.07) is 11.2. The molecule has 1 N–H and O–H groups in total. The topological polar surface area (TPSA) is 17.0 Å². The molecule has 20 heavy (non-hydrogen) atoms. The van der Waals surface area contributed by atoms with E-state index in [1.54, 1.807) is 11.3 Å². The van der Waals surface area contributed by atoms with Crippen LogP contribution < -0.4 is 5.32 Å². The fourth-order valence-corrected chi connectivity index (χ4v) is 3.53. The molecular weight excluding hydrogens is 264 g/mol.